The number of benzene rings is 1. The van der Waals surface area contributed by atoms with Crippen LogP contribution in [0.25, 0.3) is 10.2 Å². The number of carbonyl (C=O) groups is 1. The number of carbonyl (C=O) groups excluding carboxylic acids is 1. The van der Waals surface area contributed by atoms with Gasteiger partial charge in [-0.2, -0.15) is 0 Å². The number of ether oxygens (including phenoxy) is 1. The highest BCUT2D eigenvalue weighted by Crippen LogP contribution is 2.26. The third-order valence-corrected chi connectivity index (χ3v) is 4.14. The second-order valence-corrected chi connectivity index (χ2v) is 5.97. The number of aryl methyl sites for hydroxylation is 1. The van der Waals surface area contributed by atoms with Crippen molar-refractivity contribution in [1.29, 1.82) is 0 Å². The lowest BCUT2D eigenvalue weighted by atomic mass is 10.2. The predicted octanol–water partition coefficient (Wildman–Crippen LogP) is 1.92. The smallest absolute Gasteiger partial charge is 0.228 e. The second-order valence-electron chi connectivity index (χ2n) is 4.94. The molecule has 5 nitrogen and oxygen atoms in total. The van der Waals surface area contributed by atoms with E-state index in [1.807, 2.05) is 19.1 Å². The molecular weight excluding hydrogens is 274 g/mol. The van der Waals surface area contributed by atoms with E-state index in [0.717, 1.165) is 23.3 Å². The number of aromatic nitrogens is 1. The van der Waals surface area contributed by atoms with Crippen LogP contribution >= 0.6 is 11.3 Å². The summed E-state index contributed by atoms with van der Waals surface area (Å²) in [7, 11) is 0. The number of nitrogens with one attached hydrogen (secondary N) is 2. The summed E-state index contributed by atoms with van der Waals surface area (Å²) in [6.07, 6.45) is 0.322. The van der Waals surface area contributed by atoms with Gasteiger partial charge in [-0.15, -0.1) is 0 Å². The molecule has 6 heteroatoms. The zero-order chi connectivity index (χ0) is 13.9. The van der Waals surface area contributed by atoms with Gasteiger partial charge in [-0.3, -0.25) is 4.79 Å². The van der Waals surface area contributed by atoms with Crippen molar-refractivity contribution in [1.82, 2.24) is 10.3 Å². The normalized spacial score (nSPS) is 19.1. The van der Waals surface area contributed by atoms with Crippen LogP contribution in [0.1, 0.15) is 12.0 Å². The lowest BCUT2D eigenvalue weighted by Crippen LogP contribution is -2.40. The first-order chi connectivity index (χ1) is 9.70. The number of rotatable bonds is 3. The van der Waals surface area contributed by atoms with Crippen molar-refractivity contribution in [2.24, 2.45) is 0 Å². The molecule has 1 saturated heterocycles. The molecule has 0 aliphatic carbocycles. The summed E-state index contributed by atoms with van der Waals surface area (Å²) >= 11 is 1.50. The van der Waals surface area contributed by atoms with Crippen molar-refractivity contribution in [2.45, 2.75) is 19.4 Å². The topological polar surface area (TPSA) is 63.2 Å². The molecule has 1 amide bonds. The van der Waals surface area contributed by atoms with E-state index >= 15 is 0 Å². The van der Waals surface area contributed by atoms with Crippen molar-refractivity contribution >= 4 is 32.6 Å². The first-order valence-corrected chi connectivity index (χ1v) is 7.52. The summed E-state index contributed by atoms with van der Waals surface area (Å²) in [6.45, 7) is 4.30. The molecule has 2 aromatic rings. The van der Waals surface area contributed by atoms with Crippen LogP contribution in [0.5, 0.6) is 0 Å². The Hall–Kier alpha value is -1.50. The largest absolute Gasteiger partial charge is 0.375 e. The highest BCUT2D eigenvalue weighted by molar-refractivity contribution is 7.22. The molecule has 2 N–H and O–H groups in total. The summed E-state index contributed by atoms with van der Waals surface area (Å²) in [5.74, 6) is -0.0468. The molecule has 1 unspecified atom stereocenters. The van der Waals surface area contributed by atoms with Gasteiger partial charge in [0.25, 0.3) is 0 Å². The van der Waals surface area contributed by atoms with Crippen molar-refractivity contribution in [3.05, 3.63) is 23.8 Å². The van der Waals surface area contributed by atoms with Gasteiger partial charge in [0, 0.05) is 13.1 Å². The SMILES string of the molecule is Cc1ccc2nc(NC(=O)CC3CNCCO3)sc2c1. The van der Waals surface area contributed by atoms with Gasteiger partial charge in [0.1, 0.15) is 0 Å². The average molecular weight is 291 g/mol. The molecule has 1 aromatic carbocycles. The van der Waals surface area contributed by atoms with E-state index in [-0.39, 0.29) is 12.0 Å². The molecule has 2 heterocycles. The predicted molar refractivity (Wildman–Crippen MR) is 80.2 cm³/mol. The van der Waals surface area contributed by atoms with Crippen LogP contribution in [0.15, 0.2) is 18.2 Å². The molecule has 106 valence electrons. The summed E-state index contributed by atoms with van der Waals surface area (Å²) in [4.78, 5) is 16.4. The molecule has 0 saturated carbocycles. The molecule has 0 bridgehead atoms. The van der Waals surface area contributed by atoms with Gasteiger partial charge in [0.15, 0.2) is 5.13 Å². The fraction of sp³-hybridized carbons (Fsp3) is 0.429. The van der Waals surface area contributed by atoms with Crippen molar-refractivity contribution in [3.63, 3.8) is 0 Å². The lowest BCUT2D eigenvalue weighted by molar-refractivity contribution is -0.119. The number of thiazole rings is 1. The molecule has 0 spiro atoms. The van der Waals surface area contributed by atoms with Crippen LogP contribution in [0.3, 0.4) is 0 Å². The van der Waals surface area contributed by atoms with Crippen LogP contribution in [0, 0.1) is 6.92 Å². The molecule has 1 fully saturated rings. The minimum absolute atomic E-state index is 0.0413. The standard InChI is InChI=1S/C14H17N3O2S/c1-9-2-3-11-12(6-9)20-14(16-11)17-13(18)7-10-8-15-4-5-19-10/h2-3,6,10,15H,4-5,7-8H2,1H3,(H,16,17,18). The van der Waals surface area contributed by atoms with Gasteiger partial charge in [0.2, 0.25) is 5.91 Å². The van der Waals surface area contributed by atoms with Crippen molar-refractivity contribution in [3.8, 4) is 0 Å². The zero-order valence-corrected chi connectivity index (χ0v) is 12.1. The lowest BCUT2D eigenvalue weighted by Gasteiger charge is -2.22. The Labute approximate surface area is 121 Å². The van der Waals surface area contributed by atoms with Crippen LogP contribution < -0.4 is 10.6 Å². The fourth-order valence-electron chi connectivity index (χ4n) is 2.21. The van der Waals surface area contributed by atoms with Gasteiger partial charge in [-0.25, -0.2) is 4.98 Å². The Morgan fingerprint density at radius 3 is 3.30 bits per heavy atom. The Balaban J connectivity index is 1.64. The third-order valence-electron chi connectivity index (χ3n) is 3.21. The first kappa shape index (κ1) is 13.5. The van der Waals surface area contributed by atoms with E-state index in [9.17, 15) is 4.79 Å². The van der Waals surface area contributed by atoms with Gasteiger partial charge >= 0.3 is 0 Å². The number of fused-ring (bicyclic) bond motifs is 1. The van der Waals surface area contributed by atoms with Gasteiger partial charge in [0.05, 0.1) is 29.3 Å². The molecular formula is C14H17N3O2S. The number of nitrogens with zero attached hydrogens (tertiary/aromatic N) is 1. The van der Waals surface area contributed by atoms with E-state index in [2.05, 4.69) is 21.7 Å². The maximum atomic E-state index is 12.0. The fourth-order valence-corrected chi connectivity index (χ4v) is 3.19. The van der Waals surface area contributed by atoms with E-state index < -0.39 is 0 Å². The second kappa shape index (κ2) is 5.87. The quantitative estimate of drug-likeness (QED) is 0.907. The summed E-state index contributed by atoms with van der Waals surface area (Å²) in [5, 5.41) is 6.72. The van der Waals surface area contributed by atoms with Crippen LogP contribution in [0.4, 0.5) is 5.13 Å². The Morgan fingerprint density at radius 1 is 1.60 bits per heavy atom. The monoisotopic (exact) mass is 291 g/mol. The first-order valence-electron chi connectivity index (χ1n) is 6.70. The highest BCUT2D eigenvalue weighted by Gasteiger charge is 2.18. The Kier molecular flexibility index (Phi) is 3.95. The molecule has 0 radical (unpaired) electrons. The average Bonchev–Trinajstić information content (AvgIpc) is 2.80. The minimum atomic E-state index is -0.0468. The Morgan fingerprint density at radius 2 is 2.50 bits per heavy atom. The summed E-state index contributed by atoms with van der Waals surface area (Å²) < 4.78 is 6.61. The summed E-state index contributed by atoms with van der Waals surface area (Å²) in [5.41, 5.74) is 2.12. The Bertz CT molecular complexity index is 620. The molecule has 1 aliphatic heterocycles. The van der Waals surface area contributed by atoms with Gasteiger partial charge in [-0.05, 0) is 24.6 Å². The van der Waals surface area contributed by atoms with Gasteiger partial charge in [-0.1, -0.05) is 17.4 Å². The maximum absolute atomic E-state index is 12.0. The van der Waals surface area contributed by atoms with E-state index in [1.165, 1.54) is 16.9 Å². The maximum Gasteiger partial charge on any atom is 0.228 e. The molecule has 1 aliphatic rings. The number of hydrogen-bond donors (Lipinski definition) is 2. The molecule has 1 atom stereocenters. The van der Waals surface area contributed by atoms with E-state index in [1.54, 1.807) is 0 Å². The van der Waals surface area contributed by atoms with E-state index in [4.69, 9.17) is 4.74 Å². The van der Waals surface area contributed by atoms with Crippen LogP contribution in [0.2, 0.25) is 0 Å². The number of morpholine rings is 1. The number of amides is 1. The van der Waals surface area contributed by atoms with Crippen molar-refractivity contribution in [2.75, 3.05) is 25.0 Å². The highest BCUT2D eigenvalue weighted by atomic mass is 32.1. The number of anilines is 1. The molecule has 3 rings (SSSR count). The van der Waals surface area contributed by atoms with Crippen LogP contribution in [-0.4, -0.2) is 36.7 Å². The molecule has 20 heavy (non-hydrogen) atoms. The summed E-state index contributed by atoms with van der Waals surface area (Å²) in [6, 6.07) is 6.08. The number of hydrogen-bond acceptors (Lipinski definition) is 5. The minimum Gasteiger partial charge on any atom is -0.375 e. The van der Waals surface area contributed by atoms with Crippen molar-refractivity contribution < 1.29 is 9.53 Å². The molecule has 1 aromatic heterocycles. The zero-order valence-electron chi connectivity index (χ0n) is 11.3. The third kappa shape index (κ3) is 3.15. The van der Waals surface area contributed by atoms with E-state index in [0.29, 0.717) is 18.2 Å². The van der Waals surface area contributed by atoms with Crippen LogP contribution in [-0.2, 0) is 9.53 Å². The van der Waals surface area contributed by atoms with Gasteiger partial charge < -0.3 is 15.4 Å².